The minimum atomic E-state index is -0.216. The van der Waals surface area contributed by atoms with E-state index in [4.69, 9.17) is 9.73 Å². The van der Waals surface area contributed by atoms with Crippen molar-refractivity contribution >= 4 is 29.9 Å². The van der Waals surface area contributed by atoms with E-state index in [0.29, 0.717) is 5.92 Å². The average Bonchev–Trinajstić information content (AvgIpc) is 2.65. The zero-order valence-electron chi connectivity index (χ0n) is 17.2. The summed E-state index contributed by atoms with van der Waals surface area (Å²) in [6, 6.07) is 6.64. The molecule has 0 aliphatic carbocycles. The first-order valence-corrected chi connectivity index (χ1v) is 10.2. The molecular weight excluding hydrogens is 470 g/mol. The first-order valence-electron chi connectivity index (χ1n) is 10.2. The number of halogens is 2. The number of nitrogens with zero attached hydrogens (tertiary/aromatic N) is 3. The van der Waals surface area contributed by atoms with Crippen molar-refractivity contribution in [3.8, 4) is 0 Å². The molecule has 0 aromatic heterocycles. The Bertz CT molecular complexity index is 627. The van der Waals surface area contributed by atoms with Crippen LogP contribution in [0.15, 0.2) is 29.3 Å². The minimum absolute atomic E-state index is 0. The number of benzene rings is 1. The van der Waals surface area contributed by atoms with E-state index < -0.39 is 0 Å². The third kappa shape index (κ3) is 6.56. The fourth-order valence-electron chi connectivity index (χ4n) is 4.05. The van der Waals surface area contributed by atoms with Crippen LogP contribution in [0.1, 0.15) is 38.4 Å². The van der Waals surface area contributed by atoms with Gasteiger partial charge in [0.2, 0.25) is 0 Å². The highest BCUT2D eigenvalue weighted by molar-refractivity contribution is 14.0. The summed E-state index contributed by atoms with van der Waals surface area (Å²) in [5.74, 6) is 1.38. The summed E-state index contributed by atoms with van der Waals surface area (Å²) in [5, 5.41) is 3.45. The maximum atomic E-state index is 13.3. The molecule has 0 bridgehead atoms. The van der Waals surface area contributed by atoms with Crippen LogP contribution in [0.5, 0.6) is 0 Å². The topological polar surface area (TPSA) is 40.1 Å². The van der Waals surface area contributed by atoms with Crippen molar-refractivity contribution in [2.45, 2.75) is 38.9 Å². The first kappa shape index (κ1) is 23.3. The second-order valence-corrected chi connectivity index (χ2v) is 7.86. The first-order chi connectivity index (χ1) is 13.0. The number of rotatable bonds is 4. The highest BCUT2D eigenvalue weighted by atomic mass is 127. The fraction of sp³-hybridized carbons (Fsp3) is 0.667. The van der Waals surface area contributed by atoms with Crippen LogP contribution >= 0.6 is 24.0 Å². The van der Waals surface area contributed by atoms with E-state index in [0.717, 1.165) is 44.2 Å². The van der Waals surface area contributed by atoms with Gasteiger partial charge in [0.15, 0.2) is 5.96 Å². The number of hydrogen-bond donors (Lipinski definition) is 1. The SMILES string of the molecule is CCNC(=NCC1CCCN(C)C1)N1CC(C)OC(c2ccc(F)cc2)C1.I. The Labute approximate surface area is 185 Å². The number of hydrogen-bond acceptors (Lipinski definition) is 3. The molecule has 2 saturated heterocycles. The Kier molecular flexibility index (Phi) is 9.43. The Morgan fingerprint density at radius 2 is 2.00 bits per heavy atom. The van der Waals surface area contributed by atoms with E-state index in [-0.39, 0.29) is 42.0 Å². The van der Waals surface area contributed by atoms with Gasteiger partial charge in [-0.2, -0.15) is 0 Å². The van der Waals surface area contributed by atoms with Crippen LogP contribution in [-0.2, 0) is 4.74 Å². The number of ether oxygens (including phenoxy) is 1. The molecule has 158 valence electrons. The molecule has 1 aromatic carbocycles. The van der Waals surface area contributed by atoms with E-state index in [9.17, 15) is 4.39 Å². The molecule has 1 N–H and O–H groups in total. The average molecular weight is 504 g/mol. The van der Waals surface area contributed by atoms with E-state index in [2.05, 4.69) is 36.0 Å². The molecule has 3 unspecified atom stereocenters. The summed E-state index contributed by atoms with van der Waals surface area (Å²) in [6.45, 7) is 9.76. The van der Waals surface area contributed by atoms with Crippen LogP contribution in [0, 0.1) is 11.7 Å². The number of morpholine rings is 1. The van der Waals surface area contributed by atoms with Gasteiger partial charge in [-0.05, 0) is 63.9 Å². The maximum Gasteiger partial charge on any atom is 0.194 e. The molecule has 0 amide bonds. The van der Waals surface area contributed by atoms with Crippen LogP contribution < -0.4 is 5.32 Å². The largest absolute Gasteiger partial charge is 0.367 e. The van der Waals surface area contributed by atoms with Crippen molar-refractivity contribution in [1.29, 1.82) is 0 Å². The Morgan fingerprint density at radius 3 is 2.68 bits per heavy atom. The highest BCUT2D eigenvalue weighted by Crippen LogP contribution is 2.25. The smallest absolute Gasteiger partial charge is 0.194 e. The van der Waals surface area contributed by atoms with Gasteiger partial charge in [-0.3, -0.25) is 4.99 Å². The third-order valence-electron chi connectivity index (χ3n) is 5.36. The second kappa shape index (κ2) is 11.3. The van der Waals surface area contributed by atoms with Gasteiger partial charge in [-0.25, -0.2) is 4.39 Å². The summed E-state index contributed by atoms with van der Waals surface area (Å²) in [7, 11) is 2.19. The van der Waals surface area contributed by atoms with Gasteiger partial charge in [0, 0.05) is 26.2 Å². The molecule has 2 aliphatic heterocycles. The van der Waals surface area contributed by atoms with E-state index in [1.807, 2.05) is 12.1 Å². The molecule has 3 rings (SSSR count). The lowest BCUT2D eigenvalue weighted by molar-refractivity contribution is -0.0605. The molecule has 0 spiro atoms. The molecule has 0 radical (unpaired) electrons. The third-order valence-corrected chi connectivity index (χ3v) is 5.36. The summed E-state index contributed by atoms with van der Waals surface area (Å²) in [4.78, 5) is 9.65. The molecule has 0 saturated carbocycles. The van der Waals surface area contributed by atoms with Crippen LogP contribution in [0.25, 0.3) is 0 Å². The van der Waals surface area contributed by atoms with Crippen molar-refractivity contribution in [3.63, 3.8) is 0 Å². The normalized spacial score (nSPS) is 26.6. The summed E-state index contributed by atoms with van der Waals surface area (Å²) >= 11 is 0. The number of aliphatic imine (C=N–C) groups is 1. The van der Waals surface area contributed by atoms with Crippen molar-refractivity contribution in [2.75, 3.05) is 46.3 Å². The van der Waals surface area contributed by atoms with Crippen LogP contribution in [0.2, 0.25) is 0 Å². The maximum absolute atomic E-state index is 13.3. The molecule has 5 nitrogen and oxygen atoms in total. The van der Waals surface area contributed by atoms with Gasteiger partial charge in [0.1, 0.15) is 11.9 Å². The molecule has 1 aromatic rings. The summed E-state index contributed by atoms with van der Waals surface area (Å²) < 4.78 is 19.4. The molecule has 7 heteroatoms. The van der Waals surface area contributed by atoms with Gasteiger partial charge in [-0.15, -0.1) is 24.0 Å². The monoisotopic (exact) mass is 504 g/mol. The molecule has 2 fully saturated rings. The van der Waals surface area contributed by atoms with E-state index >= 15 is 0 Å². The lowest BCUT2D eigenvalue weighted by Gasteiger charge is -2.39. The Morgan fingerprint density at radius 1 is 1.25 bits per heavy atom. The van der Waals surface area contributed by atoms with Crippen molar-refractivity contribution in [3.05, 3.63) is 35.6 Å². The standard InChI is InChI=1S/C21H33FN4O.HI/c1-4-23-21(24-12-17-6-5-11-25(3)14-17)26-13-16(2)27-20(15-26)18-7-9-19(22)10-8-18;/h7-10,16-17,20H,4-6,11-15H2,1-3H3,(H,23,24);1H. The number of nitrogens with one attached hydrogen (secondary N) is 1. The van der Waals surface area contributed by atoms with Crippen molar-refractivity contribution < 1.29 is 9.13 Å². The molecule has 3 atom stereocenters. The lowest BCUT2D eigenvalue weighted by Crippen LogP contribution is -2.51. The molecule has 28 heavy (non-hydrogen) atoms. The number of piperidine rings is 1. The van der Waals surface area contributed by atoms with E-state index in [1.165, 1.54) is 31.5 Å². The summed E-state index contributed by atoms with van der Waals surface area (Å²) in [6.07, 6.45) is 2.54. The predicted molar refractivity (Wildman–Crippen MR) is 123 cm³/mol. The number of likely N-dealkylation sites (tertiary alicyclic amines) is 1. The highest BCUT2D eigenvalue weighted by Gasteiger charge is 2.28. The quantitative estimate of drug-likeness (QED) is 0.387. The van der Waals surface area contributed by atoms with E-state index in [1.54, 1.807) is 0 Å². The Hall–Kier alpha value is -0.930. The molecule has 2 aliphatic rings. The molecule has 2 heterocycles. The zero-order valence-corrected chi connectivity index (χ0v) is 19.6. The van der Waals surface area contributed by atoms with Gasteiger partial charge >= 0.3 is 0 Å². The zero-order chi connectivity index (χ0) is 19.2. The van der Waals surface area contributed by atoms with Gasteiger partial charge < -0.3 is 19.9 Å². The van der Waals surface area contributed by atoms with Gasteiger partial charge in [-0.1, -0.05) is 12.1 Å². The van der Waals surface area contributed by atoms with Gasteiger partial charge in [0.05, 0.1) is 12.6 Å². The lowest BCUT2D eigenvalue weighted by atomic mass is 9.99. The summed E-state index contributed by atoms with van der Waals surface area (Å²) in [5.41, 5.74) is 1.01. The minimum Gasteiger partial charge on any atom is -0.367 e. The van der Waals surface area contributed by atoms with Crippen LogP contribution in [0.4, 0.5) is 4.39 Å². The van der Waals surface area contributed by atoms with Crippen LogP contribution in [0.3, 0.4) is 0 Å². The fourth-order valence-corrected chi connectivity index (χ4v) is 4.05. The number of guanidine groups is 1. The molecular formula is C21H34FIN4O. The van der Waals surface area contributed by atoms with Crippen molar-refractivity contribution in [2.24, 2.45) is 10.9 Å². The Balaban J connectivity index is 0.00000280. The van der Waals surface area contributed by atoms with Gasteiger partial charge in [0.25, 0.3) is 0 Å². The second-order valence-electron chi connectivity index (χ2n) is 7.86. The predicted octanol–water partition coefficient (Wildman–Crippen LogP) is 3.51. The van der Waals surface area contributed by atoms with Crippen molar-refractivity contribution in [1.82, 2.24) is 15.1 Å². The van der Waals surface area contributed by atoms with Crippen LogP contribution in [-0.4, -0.2) is 68.2 Å².